The molecular weight excluding hydrogens is 398 g/mol. The summed E-state index contributed by atoms with van der Waals surface area (Å²) in [5.41, 5.74) is 6.57. The Hall–Kier alpha value is -2.20. The number of methoxy groups -OCH3 is 1. The predicted molar refractivity (Wildman–Crippen MR) is 125 cm³/mol. The van der Waals surface area contributed by atoms with Crippen LogP contribution in [0.1, 0.15) is 98.1 Å². The van der Waals surface area contributed by atoms with Gasteiger partial charge in [0.15, 0.2) is 0 Å². The van der Waals surface area contributed by atoms with E-state index in [2.05, 4.69) is 51.7 Å². The molecule has 3 aliphatic carbocycles. The van der Waals surface area contributed by atoms with Gasteiger partial charge in [-0.25, -0.2) is 4.79 Å². The molecule has 0 amide bonds. The van der Waals surface area contributed by atoms with Gasteiger partial charge in [0.1, 0.15) is 5.60 Å². The maximum absolute atomic E-state index is 11.4. The molecule has 4 heteroatoms. The molecule has 0 saturated heterocycles. The first-order valence-electron chi connectivity index (χ1n) is 11.9. The maximum Gasteiger partial charge on any atom is 0.337 e. The summed E-state index contributed by atoms with van der Waals surface area (Å²) >= 11 is 0. The number of carboxylic acid groups (broad SMARTS) is 1. The molecule has 32 heavy (non-hydrogen) atoms. The largest absolute Gasteiger partial charge is 0.478 e. The van der Waals surface area contributed by atoms with Crippen molar-refractivity contribution in [2.45, 2.75) is 88.6 Å². The summed E-state index contributed by atoms with van der Waals surface area (Å²) in [6, 6.07) is 8.50. The van der Waals surface area contributed by atoms with Gasteiger partial charge in [-0.15, -0.1) is 0 Å². The minimum Gasteiger partial charge on any atom is -0.478 e. The molecule has 2 aromatic rings. The molecule has 2 saturated carbocycles. The van der Waals surface area contributed by atoms with Gasteiger partial charge in [0, 0.05) is 18.7 Å². The van der Waals surface area contributed by atoms with E-state index in [1.54, 1.807) is 13.2 Å². The van der Waals surface area contributed by atoms with E-state index in [-0.39, 0.29) is 21.8 Å². The van der Waals surface area contributed by atoms with E-state index < -0.39 is 11.6 Å². The third-order valence-corrected chi connectivity index (χ3v) is 9.12. The number of aromatic nitrogens is 1. The lowest BCUT2D eigenvalue weighted by molar-refractivity contribution is -0.0457. The second-order valence-corrected chi connectivity index (χ2v) is 11.7. The van der Waals surface area contributed by atoms with E-state index in [0.717, 1.165) is 25.0 Å². The van der Waals surface area contributed by atoms with Gasteiger partial charge in [-0.2, -0.15) is 0 Å². The summed E-state index contributed by atoms with van der Waals surface area (Å²) in [6.07, 6.45) is 7.02. The Morgan fingerprint density at radius 1 is 1.03 bits per heavy atom. The van der Waals surface area contributed by atoms with Gasteiger partial charge >= 0.3 is 5.97 Å². The van der Waals surface area contributed by atoms with Gasteiger partial charge in [0.25, 0.3) is 0 Å². The first kappa shape index (κ1) is 21.6. The normalized spacial score (nSPS) is 31.6. The number of benzene rings is 1. The van der Waals surface area contributed by atoms with E-state index in [9.17, 15) is 9.90 Å². The second kappa shape index (κ2) is 6.66. The molecule has 0 aliphatic heterocycles. The van der Waals surface area contributed by atoms with Crippen LogP contribution in [0.5, 0.6) is 0 Å². The van der Waals surface area contributed by atoms with E-state index in [0.29, 0.717) is 5.92 Å². The SMILES string of the molecule is COC1(c2ccc(C(=O)O)cn2)CCC2CC21c1cc2c(cc1C)C(C)(C)CCC2(C)C. The highest BCUT2D eigenvalue weighted by atomic mass is 16.5. The van der Waals surface area contributed by atoms with E-state index in [1.165, 1.54) is 41.3 Å². The lowest BCUT2D eigenvalue weighted by atomic mass is 9.61. The van der Waals surface area contributed by atoms with Crippen LogP contribution in [-0.2, 0) is 26.6 Å². The fraction of sp³-hybridized carbons (Fsp3) is 0.571. The van der Waals surface area contributed by atoms with E-state index >= 15 is 0 Å². The molecule has 4 nitrogen and oxygen atoms in total. The molecule has 1 aromatic heterocycles. The number of hydrogen-bond donors (Lipinski definition) is 1. The molecule has 1 heterocycles. The molecule has 2 fully saturated rings. The third-order valence-electron chi connectivity index (χ3n) is 9.12. The molecule has 3 unspecified atom stereocenters. The van der Waals surface area contributed by atoms with E-state index in [4.69, 9.17) is 4.74 Å². The number of ether oxygens (including phenoxy) is 1. The highest BCUT2D eigenvalue weighted by Crippen LogP contribution is 2.73. The Bertz CT molecular complexity index is 1100. The van der Waals surface area contributed by atoms with Crippen LogP contribution in [-0.4, -0.2) is 23.2 Å². The third kappa shape index (κ3) is 2.71. The molecule has 1 aromatic carbocycles. The fourth-order valence-electron chi connectivity index (χ4n) is 7.03. The van der Waals surface area contributed by atoms with Crippen LogP contribution in [0.2, 0.25) is 0 Å². The number of fused-ring (bicyclic) bond motifs is 2. The Balaban J connectivity index is 1.68. The zero-order chi connectivity index (χ0) is 23.1. The highest BCUT2D eigenvalue weighted by Gasteiger charge is 2.73. The minimum atomic E-state index is -0.948. The van der Waals surface area contributed by atoms with Crippen LogP contribution < -0.4 is 0 Å². The van der Waals surface area contributed by atoms with Gasteiger partial charge in [-0.3, -0.25) is 4.98 Å². The summed E-state index contributed by atoms with van der Waals surface area (Å²) in [4.78, 5) is 16.0. The maximum atomic E-state index is 11.4. The topological polar surface area (TPSA) is 59.4 Å². The van der Waals surface area contributed by atoms with Crippen LogP contribution in [0.15, 0.2) is 30.5 Å². The average molecular weight is 434 g/mol. The molecule has 1 N–H and O–H groups in total. The summed E-state index contributed by atoms with van der Waals surface area (Å²) in [5.74, 6) is -0.365. The number of aryl methyl sites for hydroxylation is 1. The Kier molecular flexibility index (Phi) is 4.50. The van der Waals surface area contributed by atoms with Crippen molar-refractivity contribution < 1.29 is 14.6 Å². The van der Waals surface area contributed by atoms with Gasteiger partial charge < -0.3 is 9.84 Å². The average Bonchev–Trinajstić information content (AvgIpc) is 3.40. The molecule has 5 rings (SSSR count). The van der Waals surface area contributed by atoms with Crippen molar-refractivity contribution in [3.8, 4) is 0 Å². The van der Waals surface area contributed by atoms with Crippen LogP contribution >= 0.6 is 0 Å². The lowest BCUT2D eigenvalue weighted by Crippen LogP contribution is -2.41. The lowest BCUT2D eigenvalue weighted by Gasteiger charge is -2.44. The Labute approximate surface area is 191 Å². The number of carbonyl (C=O) groups is 1. The molecule has 0 spiro atoms. The van der Waals surface area contributed by atoms with Crippen molar-refractivity contribution >= 4 is 5.97 Å². The van der Waals surface area contributed by atoms with Gasteiger partial charge in [0.2, 0.25) is 0 Å². The molecule has 3 aliphatic rings. The number of aromatic carboxylic acids is 1. The molecule has 3 atom stereocenters. The Morgan fingerprint density at radius 2 is 1.69 bits per heavy atom. The number of nitrogens with zero attached hydrogens (tertiary/aromatic N) is 1. The fourth-order valence-corrected chi connectivity index (χ4v) is 7.03. The van der Waals surface area contributed by atoms with Crippen molar-refractivity contribution in [3.05, 3.63) is 64.0 Å². The summed E-state index contributed by atoms with van der Waals surface area (Å²) in [7, 11) is 1.80. The van der Waals surface area contributed by atoms with Gasteiger partial charge in [-0.1, -0.05) is 39.8 Å². The van der Waals surface area contributed by atoms with Crippen LogP contribution in [0, 0.1) is 12.8 Å². The van der Waals surface area contributed by atoms with Gasteiger partial charge in [-0.05, 0) is 90.2 Å². The molecule has 170 valence electrons. The zero-order valence-corrected chi connectivity index (χ0v) is 20.2. The quantitative estimate of drug-likeness (QED) is 0.639. The van der Waals surface area contributed by atoms with Crippen molar-refractivity contribution in [2.24, 2.45) is 5.92 Å². The van der Waals surface area contributed by atoms with Crippen molar-refractivity contribution in [2.75, 3.05) is 7.11 Å². The van der Waals surface area contributed by atoms with Crippen molar-refractivity contribution in [3.63, 3.8) is 0 Å². The minimum absolute atomic E-state index is 0.0870. The number of rotatable bonds is 4. The van der Waals surface area contributed by atoms with Crippen molar-refractivity contribution in [1.29, 1.82) is 0 Å². The smallest absolute Gasteiger partial charge is 0.337 e. The molecule has 0 radical (unpaired) electrons. The summed E-state index contributed by atoms with van der Waals surface area (Å²) in [5, 5.41) is 9.32. The standard InChI is InChI=1S/C28H35NO3/c1-17-13-21-22(26(4,5)12-11-25(21,2)3)14-20(17)27-15-19(27)9-10-28(27,32-6)23-8-7-18(16-29-23)24(30)31/h7-8,13-14,16,19H,9-12,15H2,1-6H3,(H,30,31). The van der Waals surface area contributed by atoms with Gasteiger partial charge in [0.05, 0.1) is 11.3 Å². The molecule has 0 bridgehead atoms. The summed E-state index contributed by atoms with van der Waals surface area (Å²) < 4.78 is 6.38. The summed E-state index contributed by atoms with van der Waals surface area (Å²) in [6.45, 7) is 11.8. The van der Waals surface area contributed by atoms with Crippen LogP contribution in [0.4, 0.5) is 0 Å². The Morgan fingerprint density at radius 3 is 2.22 bits per heavy atom. The van der Waals surface area contributed by atoms with Crippen LogP contribution in [0.25, 0.3) is 0 Å². The second-order valence-electron chi connectivity index (χ2n) is 11.7. The monoisotopic (exact) mass is 433 g/mol. The molecular formula is C28H35NO3. The number of hydrogen-bond acceptors (Lipinski definition) is 3. The van der Waals surface area contributed by atoms with Crippen LogP contribution in [0.3, 0.4) is 0 Å². The number of carboxylic acids is 1. The number of pyridine rings is 1. The zero-order valence-electron chi connectivity index (χ0n) is 20.2. The van der Waals surface area contributed by atoms with Crippen molar-refractivity contribution in [1.82, 2.24) is 4.98 Å². The highest BCUT2D eigenvalue weighted by molar-refractivity contribution is 5.87. The first-order chi connectivity index (χ1) is 15.0. The van der Waals surface area contributed by atoms with E-state index in [1.807, 2.05) is 6.07 Å². The first-order valence-corrected chi connectivity index (χ1v) is 11.9. The predicted octanol–water partition coefficient (Wildman–Crippen LogP) is 6.03.